The number of aryl methyl sites for hydroxylation is 1. The number of nitrogens with zero attached hydrogens (tertiary/aromatic N) is 1. The summed E-state index contributed by atoms with van der Waals surface area (Å²) in [5, 5.41) is 20.0. The summed E-state index contributed by atoms with van der Waals surface area (Å²) in [6.07, 6.45) is 1.16. The van der Waals surface area contributed by atoms with E-state index in [1.54, 1.807) is 24.3 Å². The summed E-state index contributed by atoms with van der Waals surface area (Å²) in [6.45, 7) is 4.13. The van der Waals surface area contributed by atoms with Crippen LogP contribution in [0.4, 0.5) is 0 Å². The van der Waals surface area contributed by atoms with E-state index in [2.05, 4.69) is 24.0 Å². The number of hydrogen-bond donors (Lipinski definition) is 4. The van der Waals surface area contributed by atoms with Gasteiger partial charge < -0.3 is 14.9 Å². The number of aliphatic hydroxyl groups is 1. The molecule has 2 N–H and O–H groups in total. The number of likely N-dealkylation sites (tertiary alicyclic amines) is 1. The molecule has 0 spiro atoms. The molecule has 1 aliphatic heterocycles. The molecule has 150 valence electrons. The molecule has 0 radical (unpaired) electrons. The fourth-order valence-electron chi connectivity index (χ4n) is 4.49. The summed E-state index contributed by atoms with van der Waals surface area (Å²) < 4.78 is 5.70. The number of β-amino-alcohol motifs (C(OH)–C–C–N with tert-alkyl or cyclic N) is 1. The molecule has 4 atom stereocenters. The molecule has 0 aromatic heterocycles. The van der Waals surface area contributed by atoms with E-state index in [1.165, 1.54) is 5.56 Å². The van der Waals surface area contributed by atoms with Gasteiger partial charge in [-0.25, -0.2) is 0 Å². The Kier molecular flexibility index (Phi) is 5.33. The monoisotopic (exact) mass is 417 g/mol. The Bertz CT molecular complexity index is 809. The molecule has 1 saturated carbocycles. The first kappa shape index (κ1) is 20.0. The van der Waals surface area contributed by atoms with E-state index in [-0.39, 0.29) is 21.3 Å². The number of fused-ring (bicyclic) bond motifs is 1. The molecule has 2 fully saturated rings. The van der Waals surface area contributed by atoms with Gasteiger partial charge in [-0.05, 0) is 36.8 Å². The van der Waals surface area contributed by atoms with Gasteiger partial charge in [-0.1, -0.05) is 29.8 Å². The Balaban J connectivity index is 1.38. The van der Waals surface area contributed by atoms with Crippen molar-refractivity contribution < 1.29 is 14.9 Å². The third-order valence-corrected chi connectivity index (χ3v) is 7.68. The Hall–Kier alpha value is -1.34. The van der Waals surface area contributed by atoms with Crippen LogP contribution >= 0.6 is 25.3 Å². The molecule has 4 rings (SSSR count). The predicted molar refractivity (Wildman–Crippen MR) is 118 cm³/mol. The number of benzene rings is 2. The number of hydrogen-bond acceptors (Lipinski definition) is 6. The third kappa shape index (κ3) is 3.88. The predicted octanol–water partition coefficient (Wildman–Crippen LogP) is 3.63. The number of rotatable bonds is 5. The van der Waals surface area contributed by atoms with Crippen LogP contribution in [0.1, 0.15) is 30.1 Å². The average Bonchev–Trinajstić information content (AvgIpc) is 3.00. The van der Waals surface area contributed by atoms with Crippen LogP contribution < -0.4 is 4.74 Å². The zero-order valence-corrected chi connectivity index (χ0v) is 17.7. The molecule has 2 aromatic rings. The van der Waals surface area contributed by atoms with E-state index in [0.29, 0.717) is 6.54 Å². The van der Waals surface area contributed by atoms with E-state index in [1.807, 2.05) is 12.1 Å². The minimum Gasteiger partial charge on any atom is -0.508 e. The van der Waals surface area contributed by atoms with E-state index >= 15 is 0 Å². The first-order valence-electron chi connectivity index (χ1n) is 9.64. The van der Waals surface area contributed by atoms with Crippen molar-refractivity contribution in [1.29, 1.82) is 0 Å². The van der Waals surface area contributed by atoms with E-state index in [4.69, 9.17) is 30.0 Å². The smallest absolute Gasteiger partial charge is 0.119 e. The zero-order valence-electron chi connectivity index (χ0n) is 16.0. The van der Waals surface area contributed by atoms with Crippen molar-refractivity contribution in [1.82, 2.24) is 4.90 Å². The van der Waals surface area contributed by atoms with E-state index in [9.17, 15) is 10.2 Å². The second-order valence-corrected chi connectivity index (χ2v) is 10.0. The summed E-state index contributed by atoms with van der Waals surface area (Å²) in [4.78, 5) is 2.24. The highest BCUT2D eigenvalue weighted by atomic mass is 32.1. The quantitative estimate of drug-likeness (QED) is 0.561. The van der Waals surface area contributed by atoms with Crippen molar-refractivity contribution in [3.63, 3.8) is 0 Å². The van der Waals surface area contributed by atoms with Gasteiger partial charge in [-0.15, -0.1) is 0 Å². The summed E-state index contributed by atoms with van der Waals surface area (Å²) in [6, 6.07) is 14.9. The summed E-state index contributed by atoms with van der Waals surface area (Å²) in [7, 11) is 0. The molecule has 1 saturated heterocycles. The lowest BCUT2D eigenvalue weighted by atomic mass is 9.98. The van der Waals surface area contributed by atoms with Gasteiger partial charge in [0.15, 0.2) is 0 Å². The molecule has 0 amide bonds. The van der Waals surface area contributed by atoms with E-state index in [0.717, 1.165) is 37.2 Å². The Morgan fingerprint density at radius 1 is 1.04 bits per heavy atom. The zero-order chi connectivity index (χ0) is 19.9. The van der Waals surface area contributed by atoms with Crippen molar-refractivity contribution in [2.24, 2.45) is 0 Å². The van der Waals surface area contributed by atoms with Gasteiger partial charge in [0, 0.05) is 42.0 Å². The van der Waals surface area contributed by atoms with Crippen molar-refractivity contribution in [2.45, 2.75) is 41.5 Å². The van der Waals surface area contributed by atoms with Crippen LogP contribution in [0.25, 0.3) is 0 Å². The Labute approximate surface area is 177 Å². The van der Waals surface area contributed by atoms with Crippen LogP contribution in [-0.2, 0) is 0 Å². The Morgan fingerprint density at radius 2 is 1.61 bits per heavy atom. The van der Waals surface area contributed by atoms with Crippen LogP contribution in [0.3, 0.4) is 0 Å². The van der Waals surface area contributed by atoms with Crippen LogP contribution in [-0.4, -0.2) is 50.3 Å². The molecule has 2 aliphatic rings. The molecule has 6 heteroatoms. The number of phenolic OH excluding ortho intramolecular Hbond substituents is 1. The van der Waals surface area contributed by atoms with Gasteiger partial charge in [0.05, 0.1) is 6.10 Å². The average molecular weight is 418 g/mol. The van der Waals surface area contributed by atoms with Gasteiger partial charge in [-0.3, -0.25) is 4.90 Å². The first-order chi connectivity index (χ1) is 13.3. The topological polar surface area (TPSA) is 52.9 Å². The highest BCUT2D eigenvalue weighted by Crippen LogP contribution is 2.54. The highest BCUT2D eigenvalue weighted by Gasteiger charge is 2.60. The molecule has 1 aliphatic carbocycles. The minimum absolute atomic E-state index is 0.0990. The van der Waals surface area contributed by atoms with Gasteiger partial charge in [0.25, 0.3) is 0 Å². The summed E-state index contributed by atoms with van der Waals surface area (Å²) in [5.74, 6) is 1.10. The van der Waals surface area contributed by atoms with Crippen LogP contribution in [0.15, 0.2) is 48.5 Å². The molecule has 4 nitrogen and oxygen atoms in total. The maximum Gasteiger partial charge on any atom is 0.119 e. The van der Waals surface area contributed by atoms with Crippen molar-refractivity contribution in [2.75, 3.05) is 19.6 Å². The SMILES string of the molecule is Cc1ccc(O[C@@H]2C[C@@]3(S)CN(CC(O)c4ccc(O)cc4)C[C@@]3(S)C2)cc1. The summed E-state index contributed by atoms with van der Waals surface area (Å²) >= 11 is 10.1. The van der Waals surface area contributed by atoms with Crippen molar-refractivity contribution in [3.8, 4) is 11.5 Å². The Morgan fingerprint density at radius 3 is 2.18 bits per heavy atom. The third-order valence-electron chi connectivity index (χ3n) is 6.00. The minimum atomic E-state index is -0.604. The standard InChI is InChI=1S/C22H27NO3S2/c1-15-2-8-18(9-3-15)26-19-10-21(27)13-23(14-22(21,28)11-19)12-20(25)16-4-6-17(24)7-5-16/h2-9,19-20,24-25,27-28H,10-14H2,1H3/t19-,20?,21-,22+. The lowest BCUT2D eigenvalue weighted by Gasteiger charge is -2.29. The number of thiol groups is 2. The summed E-state index contributed by atoms with van der Waals surface area (Å²) in [5.41, 5.74) is 2.02. The molecular weight excluding hydrogens is 390 g/mol. The molecular formula is C22H27NO3S2. The van der Waals surface area contributed by atoms with Crippen LogP contribution in [0, 0.1) is 6.92 Å². The normalized spacial score (nSPS) is 30.9. The molecule has 28 heavy (non-hydrogen) atoms. The van der Waals surface area contributed by atoms with Gasteiger partial charge >= 0.3 is 0 Å². The number of aromatic hydroxyl groups is 1. The number of aliphatic hydroxyl groups excluding tert-OH is 1. The largest absolute Gasteiger partial charge is 0.508 e. The van der Waals surface area contributed by atoms with Crippen LogP contribution in [0.2, 0.25) is 0 Å². The lowest BCUT2D eigenvalue weighted by molar-refractivity contribution is 0.118. The maximum absolute atomic E-state index is 10.6. The fourth-order valence-corrected chi connectivity index (χ4v) is 5.62. The second kappa shape index (κ2) is 7.48. The molecule has 1 unspecified atom stereocenters. The highest BCUT2D eigenvalue weighted by molar-refractivity contribution is 7.86. The lowest BCUT2D eigenvalue weighted by Crippen LogP contribution is -2.39. The van der Waals surface area contributed by atoms with Crippen LogP contribution in [0.5, 0.6) is 11.5 Å². The number of ether oxygens (including phenoxy) is 1. The van der Waals surface area contributed by atoms with Crippen molar-refractivity contribution >= 4 is 25.3 Å². The maximum atomic E-state index is 10.6. The molecule has 2 aromatic carbocycles. The second-order valence-electron chi connectivity index (χ2n) is 8.30. The van der Waals surface area contributed by atoms with Gasteiger partial charge in [0.1, 0.15) is 17.6 Å². The van der Waals surface area contributed by atoms with E-state index < -0.39 is 6.10 Å². The molecule has 1 heterocycles. The van der Waals surface area contributed by atoms with Gasteiger partial charge in [-0.2, -0.15) is 25.3 Å². The fraction of sp³-hybridized carbons (Fsp3) is 0.455. The first-order valence-corrected chi connectivity index (χ1v) is 10.5. The number of phenols is 1. The van der Waals surface area contributed by atoms with Gasteiger partial charge in [0.2, 0.25) is 0 Å². The molecule has 0 bridgehead atoms. The van der Waals surface area contributed by atoms with Crippen molar-refractivity contribution in [3.05, 3.63) is 59.7 Å².